The van der Waals surface area contributed by atoms with Gasteiger partial charge in [-0.25, -0.2) is 4.79 Å². The first-order valence-electron chi connectivity index (χ1n) is 9.28. The Morgan fingerprint density at radius 2 is 1.66 bits per heavy atom. The number of esters is 1. The topological polar surface area (TPSA) is 80.3 Å². The molecule has 0 radical (unpaired) electrons. The van der Waals surface area contributed by atoms with Gasteiger partial charge in [0.1, 0.15) is 0 Å². The van der Waals surface area contributed by atoms with Crippen LogP contribution in [0.25, 0.3) is 0 Å². The van der Waals surface area contributed by atoms with Gasteiger partial charge in [0.25, 0.3) is 5.91 Å². The highest BCUT2D eigenvalue weighted by molar-refractivity contribution is 6.04. The molecule has 0 spiro atoms. The summed E-state index contributed by atoms with van der Waals surface area (Å²) in [5.74, 6) is -0.345. The van der Waals surface area contributed by atoms with Crippen molar-refractivity contribution in [1.82, 2.24) is 4.98 Å². The Morgan fingerprint density at radius 3 is 2.34 bits per heavy atom. The molecule has 1 amide bonds. The molecule has 3 aromatic rings. The Morgan fingerprint density at radius 1 is 0.931 bits per heavy atom. The second-order valence-electron chi connectivity index (χ2n) is 6.85. The second-order valence-corrected chi connectivity index (χ2v) is 6.85. The molecule has 3 rings (SSSR count). The fourth-order valence-electron chi connectivity index (χ4n) is 2.91. The molecule has 0 aliphatic heterocycles. The monoisotopic (exact) mass is 389 g/mol. The van der Waals surface area contributed by atoms with Gasteiger partial charge in [0, 0.05) is 17.6 Å². The van der Waals surface area contributed by atoms with Gasteiger partial charge in [-0.1, -0.05) is 32.0 Å². The number of carbonyl (C=O) groups is 2. The van der Waals surface area contributed by atoms with Crippen molar-refractivity contribution in [2.24, 2.45) is 0 Å². The third-order valence-electron chi connectivity index (χ3n) is 4.43. The molecular weight excluding hydrogens is 366 g/mol. The average molecular weight is 389 g/mol. The summed E-state index contributed by atoms with van der Waals surface area (Å²) in [5.41, 5.74) is 4.32. The van der Waals surface area contributed by atoms with E-state index in [1.165, 1.54) is 18.9 Å². The van der Waals surface area contributed by atoms with Crippen molar-refractivity contribution in [3.8, 4) is 0 Å². The molecule has 0 unspecified atom stereocenters. The zero-order valence-corrected chi connectivity index (χ0v) is 16.6. The number of benzene rings is 2. The van der Waals surface area contributed by atoms with Crippen molar-refractivity contribution in [2.75, 3.05) is 17.7 Å². The zero-order valence-electron chi connectivity index (χ0n) is 16.6. The van der Waals surface area contributed by atoms with Gasteiger partial charge in [-0.05, 0) is 47.9 Å². The zero-order chi connectivity index (χ0) is 20.8. The van der Waals surface area contributed by atoms with E-state index in [-0.39, 0.29) is 5.91 Å². The lowest BCUT2D eigenvalue weighted by molar-refractivity contribution is 0.0600. The molecule has 1 aromatic heterocycles. The number of aromatic nitrogens is 1. The minimum absolute atomic E-state index is 0.288. The number of rotatable bonds is 6. The fraction of sp³-hybridized carbons (Fsp3) is 0.174. The van der Waals surface area contributed by atoms with Crippen molar-refractivity contribution in [3.63, 3.8) is 0 Å². The van der Waals surface area contributed by atoms with E-state index in [1.807, 2.05) is 18.2 Å². The van der Waals surface area contributed by atoms with Crippen molar-refractivity contribution in [1.29, 1.82) is 0 Å². The molecule has 0 saturated carbocycles. The summed E-state index contributed by atoms with van der Waals surface area (Å²) in [6.45, 7) is 4.27. The van der Waals surface area contributed by atoms with E-state index in [0.717, 1.165) is 11.4 Å². The van der Waals surface area contributed by atoms with Gasteiger partial charge < -0.3 is 15.4 Å². The Balaban J connectivity index is 1.74. The number of pyridine rings is 1. The van der Waals surface area contributed by atoms with E-state index in [1.54, 1.807) is 36.5 Å². The Bertz CT molecular complexity index is 1010. The van der Waals surface area contributed by atoms with E-state index in [2.05, 4.69) is 40.3 Å². The predicted octanol–water partition coefficient (Wildman–Crippen LogP) is 4.99. The van der Waals surface area contributed by atoms with Crippen LogP contribution in [0.3, 0.4) is 0 Å². The molecule has 0 atom stereocenters. The Hall–Kier alpha value is -3.67. The number of hydrogen-bond acceptors (Lipinski definition) is 5. The van der Waals surface area contributed by atoms with E-state index in [9.17, 15) is 9.59 Å². The highest BCUT2D eigenvalue weighted by Crippen LogP contribution is 2.27. The number of amides is 1. The van der Waals surface area contributed by atoms with E-state index >= 15 is 0 Å². The molecule has 0 fully saturated rings. The first kappa shape index (κ1) is 20.1. The molecule has 1 heterocycles. The number of nitrogens with one attached hydrogen (secondary N) is 2. The fourth-order valence-corrected chi connectivity index (χ4v) is 2.91. The van der Waals surface area contributed by atoms with Crippen molar-refractivity contribution < 1.29 is 14.3 Å². The van der Waals surface area contributed by atoms with Crippen LogP contribution in [0.5, 0.6) is 0 Å². The largest absolute Gasteiger partial charge is 0.465 e. The maximum Gasteiger partial charge on any atom is 0.337 e. The highest BCUT2D eigenvalue weighted by Gasteiger charge is 2.11. The van der Waals surface area contributed by atoms with Crippen LogP contribution < -0.4 is 10.6 Å². The Labute approximate surface area is 169 Å². The number of hydrogen-bond donors (Lipinski definition) is 2. The minimum Gasteiger partial charge on any atom is -0.465 e. The number of ether oxygens (including phenoxy) is 1. The lowest BCUT2D eigenvalue weighted by Crippen LogP contribution is -2.13. The summed E-state index contributed by atoms with van der Waals surface area (Å²) < 4.78 is 4.67. The molecule has 0 saturated heterocycles. The molecular formula is C23H23N3O3. The van der Waals surface area contributed by atoms with Gasteiger partial charge in [0.2, 0.25) is 0 Å². The second kappa shape index (κ2) is 9.01. The average Bonchev–Trinajstić information content (AvgIpc) is 2.74. The highest BCUT2D eigenvalue weighted by atomic mass is 16.5. The number of anilines is 3. The van der Waals surface area contributed by atoms with Crippen LogP contribution in [0, 0.1) is 0 Å². The van der Waals surface area contributed by atoms with E-state index < -0.39 is 5.97 Å². The van der Waals surface area contributed by atoms with Crippen LogP contribution in [0.15, 0.2) is 67.0 Å². The number of nitrogens with zero attached hydrogens (tertiary/aromatic N) is 1. The standard InChI is InChI=1S/C23H23N3O3/c1-15(2)20-6-4-5-7-21(20)25-19-12-17(13-24-14-19)22(27)26-18-10-8-16(9-11-18)23(28)29-3/h4-15,25H,1-3H3,(H,26,27). The molecule has 6 nitrogen and oxygen atoms in total. The summed E-state index contributed by atoms with van der Waals surface area (Å²) in [5, 5.41) is 6.15. The third kappa shape index (κ3) is 4.99. The van der Waals surface area contributed by atoms with Gasteiger partial charge in [-0.15, -0.1) is 0 Å². The first-order chi connectivity index (χ1) is 14.0. The maximum absolute atomic E-state index is 12.6. The van der Waals surface area contributed by atoms with Gasteiger partial charge in [-0.2, -0.15) is 0 Å². The molecule has 148 valence electrons. The van der Waals surface area contributed by atoms with Crippen LogP contribution in [-0.2, 0) is 4.74 Å². The number of carbonyl (C=O) groups excluding carboxylic acids is 2. The van der Waals surface area contributed by atoms with Crippen molar-refractivity contribution in [3.05, 3.63) is 83.7 Å². The molecule has 29 heavy (non-hydrogen) atoms. The SMILES string of the molecule is COC(=O)c1ccc(NC(=O)c2cncc(Nc3ccccc3C(C)C)c2)cc1. The normalized spacial score (nSPS) is 10.5. The third-order valence-corrected chi connectivity index (χ3v) is 4.43. The lowest BCUT2D eigenvalue weighted by atomic mass is 10.0. The summed E-state index contributed by atoms with van der Waals surface area (Å²) in [6, 6.07) is 16.3. The van der Waals surface area contributed by atoms with Crippen molar-refractivity contribution in [2.45, 2.75) is 19.8 Å². The molecule has 0 bridgehead atoms. The lowest BCUT2D eigenvalue weighted by Gasteiger charge is -2.15. The van der Waals surface area contributed by atoms with Gasteiger partial charge in [0.15, 0.2) is 0 Å². The van der Waals surface area contributed by atoms with Crippen molar-refractivity contribution >= 4 is 28.9 Å². The van der Waals surface area contributed by atoms with Gasteiger partial charge in [0.05, 0.1) is 30.1 Å². The minimum atomic E-state index is -0.424. The summed E-state index contributed by atoms with van der Waals surface area (Å²) in [7, 11) is 1.33. The quantitative estimate of drug-likeness (QED) is 0.581. The van der Waals surface area contributed by atoms with E-state index in [4.69, 9.17) is 0 Å². The molecule has 0 aliphatic carbocycles. The van der Waals surface area contributed by atoms with Crippen LogP contribution in [0.2, 0.25) is 0 Å². The van der Waals surface area contributed by atoms with Crippen LogP contribution >= 0.6 is 0 Å². The van der Waals surface area contributed by atoms with E-state index in [0.29, 0.717) is 22.7 Å². The summed E-state index contributed by atoms with van der Waals surface area (Å²) in [4.78, 5) is 28.3. The summed E-state index contributed by atoms with van der Waals surface area (Å²) in [6.07, 6.45) is 3.19. The predicted molar refractivity (Wildman–Crippen MR) is 114 cm³/mol. The first-order valence-corrected chi connectivity index (χ1v) is 9.28. The van der Waals surface area contributed by atoms with Crippen LogP contribution in [0.1, 0.15) is 46.0 Å². The number of para-hydroxylation sites is 1. The summed E-state index contributed by atoms with van der Waals surface area (Å²) >= 11 is 0. The Kier molecular flexibility index (Phi) is 6.24. The maximum atomic E-state index is 12.6. The molecule has 0 aliphatic rings. The molecule has 6 heteroatoms. The van der Waals surface area contributed by atoms with Gasteiger partial charge in [-0.3, -0.25) is 9.78 Å². The molecule has 2 aromatic carbocycles. The van der Waals surface area contributed by atoms with Gasteiger partial charge >= 0.3 is 5.97 Å². The van der Waals surface area contributed by atoms with Crippen LogP contribution in [-0.4, -0.2) is 24.0 Å². The van der Waals surface area contributed by atoms with Crippen LogP contribution in [0.4, 0.5) is 17.1 Å². The smallest absolute Gasteiger partial charge is 0.337 e. The number of methoxy groups -OCH3 is 1. The molecule has 2 N–H and O–H groups in total.